The third-order valence-corrected chi connectivity index (χ3v) is 4.17. The second kappa shape index (κ2) is 7.17. The molecule has 1 N–H and O–H groups in total. The number of benzene rings is 2. The molecule has 1 saturated heterocycles. The Morgan fingerprint density at radius 1 is 1.17 bits per heavy atom. The van der Waals surface area contributed by atoms with Crippen LogP contribution in [0.4, 0.5) is 5.69 Å². The van der Waals surface area contributed by atoms with Crippen molar-refractivity contribution in [1.29, 1.82) is 0 Å². The van der Waals surface area contributed by atoms with E-state index in [-0.39, 0.29) is 24.2 Å². The highest BCUT2D eigenvalue weighted by molar-refractivity contribution is 5.98. The quantitative estimate of drug-likeness (QED) is 0.920. The maximum Gasteiger partial charge on any atom is 0.229 e. The number of carbonyl (C=O) groups excluding carboxylic acids is 2. The predicted octanol–water partition coefficient (Wildman–Crippen LogP) is 2.68. The van der Waals surface area contributed by atoms with Gasteiger partial charge in [0.05, 0.1) is 18.7 Å². The number of ether oxygens (including phenoxy) is 1. The molecule has 5 nitrogen and oxygen atoms in total. The third kappa shape index (κ3) is 3.56. The smallest absolute Gasteiger partial charge is 0.229 e. The van der Waals surface area contributed by atoms with Gasteiger partial charge in [0.25, 0.3) is 0 Å². The largest absolute Gasteiger partial charge is 0.495 e. The number of likely N-dealkylation sites (tertiary alicyclic amines) is 1. The number of hydrogen-bond donors (Lipinski definition) is 1. The fourth-order valence-electron chi connectivity index (χ4n) is 2.89. The molecule has 24 heavy (non-hydrogen) atoms. The number of rotatable bonds is 5. The van der Waals surface area contributed by atoms with Crippen LogP contribution in [0.15, 0.2) is 54.6 Å². The van der Waals surface area contributed by atoms with Gasteiger partial charge in [0.2, 0.25) is 11.8 Å². The van der Waals surface area contributed by atoms with E-state index in [4.69, 9.17) is 4.74 Å². The first-order chi connectivity index (χ1) is 11.7. The molecule has 1 aliphatic rings. The van der Waals surface area contributed by atoms with Gasteiger partial charge >= 0.3 is 0 Å². The van der Waals surface area contributed by atoms with Gasteiger partial charge in [-0.3, -0.25) is 9.59 Å². The molecule has 0 aromatic heterocycles. The van der Waals surface area contributed by atoms with E-state index in [1.807, 2.05) is 42.5 Å². The fourth-order valence-corrected chi connectivity index (χ4v) is 2.89. The number of para-hydroxylation sites is 2. The summed E-state index contributed by atoms with van der Waals surface area (Å²) in [5.74, 6) is 0.130. The molecule has 0 bridgehead atoms. The van der Waals surface area contributed by atoms with E-state index in [2.05, 4.69) is 5.32 Å². The number of methoxy groups -OCH3 is 1. The summed E-state index contributed by atoms with van der Waals surface area (Å²) in [4.78, 5) is 26.4. The van der Waals surface area contributed by atoms with E-state index < -0.39 is 0 Å². The lowest BCUT2D eigenvalue weighted by Crippen LogP contribution is -2.28. The van der Waals surface area contributed by atoms with Crippen LogP contribution in [0.5, 0.6) is 5.75 Å². The lowest BCUT2D eigenvalue weighted by Gasteiger charge is -2.17. The zero-order chi connectivity index (χ0) is 16.9. The van der Waals surface area contributed by atoms with E-state index in [1.54, 1.807) is 24.1 Å². The van der Waals surface area contributed by atoms with Crippen molar-refractivity contribution in [2.75, 3.05) is 19.0 Å². The van der Waals surface area contributed by atoms with Crippen LogP contribution in [0.3, 0.4) is 0 Å². The molecule has 1 atom stereocenters. The minimum absolute atomic E-state index is 0.0130. The molecule has 0 radical (unpaired) electrons. The van der Waals surface area contributed by atoms with Crippen molar-refractivity contribution < 1.29 is 14.3 Å². The van der Waals surface area contributed by atoms with Gasteiger partial charge in [-0.1, -0.05) is 42.5 Å². The number of hydrogen-bond acceptors (Lipinski definition) is 3. The first-order valence-electron chi connectivity index (χ1n) is 7.93. The van der Waals surface area contributed by atoms with Crippen LogP contribution >= 0.6 is 0 Å². The molecular weight excluding hydrogens is 304 g/mol. The van der Waals surface area contributed by atoms with Gasteiger partial charge in [-0.15, -0.1) is 0 Å². The first-order valence-corrected chi connectivity index (χ1v) is 7.93. The molecule has 5 heteroatoms. The maximum absolute atomic E-state index is 12.5. The second-order valence-corrected chi connectivity index (χ2v) is 5.85. The number of carbonyl (C=O) groups is 2. The fraction of sp³-hybridized carbons (Fsp3) is 0.263. The molecule has 2 amide bonds. The summed E-state index contributed by atoms with van der Waals surface area (Å²) in [5, 5.41) is 2.87. The zero-order valence-corrected chi connectivity index (χ0v) is 13.6. The Hall–Kier alpha value is -2.82. The SMILES string of the molecule is COc1ccccc1NC(=O)C1CC(=O)N(Cc2ccccc2)C1. The highest BCUT2D eigenvalue weighted by Crippen LogP contribution is 2.26. The van der Waals surface area contributed by atoms with E-state index in [0.717, 1.165) is 5.56 Å². The van der Waals surface area contributed by atoms with Gasteiger partial charge in [0.1, 0.15) is 5.75 Å². The number of anilines is 1. The summed E-state index contributed by atoms with van der Waals surface area (Å²) >= 11 is 0. The second-order valence-electron chi connectivity index (χ2n) is 5.85. The molecule has 124 valence electrons. The highest BCUT2D eigenvalue weighted by atomic mass is 16.5. The van der Waals surface area contributed by atoms with Crippen LogP contribution in [0.25, 0.3) is 0 Å². The molecule has 1 unspecified atom stereocenters. The first kappa shape index (κ1) is 16.1. The summed E-state index contributed by atoms with van der Waals surface area (Å²) in [6.45, 7) is 0.979. The minimum atomic E-state index is -0.342. The molecular formula is C19H20N2O3. The van der Waals surface area contributed by atoms with E-state index in [9.17, 15) is 9.59 Å². The van der Waals surface area contributed by atoms with Crippen LogP contribution < -0.4 is 10.1 Å². The number of nitrogens with one attached hydrogen (secondary N) is 1. The summed E-state index contributed by atoms with van der Waals surface area (Å²) in [7, 11) is 1.56. The molecule has 2 aromatic rings. The Bertz CT molecular complexity index is 730. The van der Waals surface area contributed by atoms with Gasteiger partial charge in [0, 0.05) is 19.5 Å². The lowest BCUT2D eigenvalue weighted by atomic mass is 10.1. The van der Waals surface area contributed by atoms with Crippen LogP contribution in [0.2, 0.25) is 0 Å². The highest BCUT2D eigenvalue weighted by Gasteiger charge is 2.34. The summed E-state index contributed by atoms with van der Waals surface area (Å²) < 4.78 is 5.24. The molecule has 1 aliphatic heterocycles. The summed E-state index contributed by atoms with van der Waals surface area (Å²) in [6.07, 6.45) is 0.244. The standard InChI is InChI=1S/C19H20N2O3/c1-24-17-10-6-5-9-16(17)20-19(23)15-11-18(22)21(13-15)12-14-7-3-2-4-8-14/h2-10,15H,11-13H2,1H3,(H,20,23). The lowest BCUT2D eigenvalue weighted by molar-refractivity contribution is -0.128. The van der Waals surface area contributed by atoms with Crippen molar-refractivity contribution in [3.63, 3.8) is 0 Å². The van der Waals surface area contributed by atoms with Crippen LogP contribution in [-0.2, 0) is 16.1 Å². The Labute approximate surface area is 141 Å². The average molecular weight is 324 g/mol. The normalized spacial score (nSPS) is 17.0. The topological polar surface area (TPSA) is 58.6 Å². The maximum atomic E-state index is 12.5. The monoisotopic (exact) mass is 324 g/mol. The molecule has 1 heterocycles. The van der Waals surface area contributed by atoms with Crippen molar-refractivity contribution in [2.45, 2.75) is 13.0 Å². The van der Waals surface area contributed by atoms with Gasteiger partial charge < -0.3 is 15.0 Å². The van der Waals surface area contributed by atoms with E-state index >= 15 is 0 Å². The van der Waals surface area contributed by atoms with E-state index in [1.165, 1.54) is 0 Å². The molecule has 1 fully saturated rings. The van der Waals surface area contributed by atoms with Crippen molar-refractivity contribution in [3.8, 4) is 5.75 Å². The molecule has 2 aromatic carbocycles. The van der Waals surface area contributed by atoms with Gasteiger partial charge in [0.15, 0.2) is 0 Å². The predicted molar refractivity (Wildman–Crippen MR) is 91.6 cm³/mol. The molecule has 0 spiro atoms. The minimum Gasteiger partial charge on any atom is -0.495 e. The average Bonchev–Trinajstić information content (AvgIpc) is 2.97. The molecule has 0 saturated carbocycles. The van der Waals surface area contributed by atoms with Crippen LogP contribution in [-0.4, -0.2) is 30.4 Å². The van der Waals surface area contributed by atoms with Crippen molar-refractivity contribution in [2.24, 2.45) is 5.92 Å². The Kier molecular flexibility index (Phi) is 4.79. The van der Waals surface area contributed by atoms with Crippen molar-refractivity contribution in [1.82, 2.24) is 4.90 Å². The van der Waals surface area contributed by atoms with Crippen molar-refractivity contribution >= 4 is 17.5 Å². The van der Waals surface area contributed by atoms with Crippen LogP contribution in [0.1, 0.15) is 12.0 Å². The Balaban J connectivity index is 1.63. The van der Waals surface area contributed by atoms with Crippen molar-refractivity contribution in [3.05, 3.63) is 60.2 Å². The van der Waals surface area contributed by atoms with E-state index in [0.29, 0.717) is 24.5 Å². The Morgan fingerprint density at radius 2 is 1.88 bits per heavy atom. The molecule has 0 aliphatic carbocycles. The number of amides is 2. The Morgan fingerprint density at radius 3 is 2.62 bits per heavy atom. The van der Waals surface area contributed by atoms with Crippen LogP contribution in [0, 0.1) is 5.92 Å². The van der Waals surface area contributed by atoms with Gasteiger partial charge in [-0.2, -0.15) is 0 Å². The molecule has 3 rings (SSSR count). The summed E-state index contributed by atoms with van der Waals surface area (Å²) in [5.41, 5.74) is 1.69. The van der Waals surface area contributed by atoms with Gasteiger partial charge in [-0.05, 0) is 17.7 Å². The summed E-state index contributed by atoms with van der Waals surface area (Å²) in [6, 6.07) is 17.1. The number of nitrogens with zero attached hydrogens (tertiary/aromatic N) is 1. The third-order valence-electron chi connectivity index (χ3n) is 4.17. The van der Waals surface area contributed by atoms with Gasteiger partial charge in [-0.25, -0.2) is 0 Å². The zero-order valence-electron chi connectivity index (χ0n) is 13.6.